The number of allylic oxidation sites excluding steroid dienone is 1. The highest BCUT2D eigenvalue weighted by Crippen LogP contribution is 2.22. The molecule has 0 spiro atoms. The maximum absolute atomic E-state index is 11.5. The fraction of sp³-hybridized carbons (Fsp3) is 0.842. The Balaban J connectivity index is 1.93. The van der Waals surface area contributed by atoms with Crippen LogP contribution >= 0.6 is 0 Å². The van der Waals surface area contributed by atoms with Crippen LogP contribution in [-0.4, -0.2) is 23.3 Å². The van der Waals surface area contributed by atoms with Crippen LogP contribution in [0.4, 0.5) is 0 Å². The minimum atomic E-state index is -0.736. The van der Waals surface area contributed by atoms with Crippen molar-refractivity contribution < 1.29 is 14.6 Å². The van der Waals surface area contributed by atoms with E-state index in [-0.39, 0.29) is 5.97 Å². The molecule has 1 saturated heterocycles. The van der Waals surface area contributed by atoms with E-state index in [4.69, 9.17) is 4.74 Å². The Morgan fingerprint density at radius 1 is 0.955 bits per heavy atom. The molecule has 0 radical (unpaired) electrons. The van der Waals surface area contributed by atoms with Gasteiger partial charge in [-0.05, 0) is 19.8 Å². The fourth-order valence-corrected chi connectivity index (χ4v) is 2.95. The Bertz CT molecular complexity index is 336. The first-order valence-electron chi connectivity index (χ1n) is 9.26. The normalized spacial score (nSPS) is 23.2. The number of unbranched alkanes of at least 4 members (excludes halogenated alkanes) is 11. The Hall–Kier alpha value is -0.830. The molecule has 3 heteroatoms. The number of hydrogen-bond donors (Lipinski definition) is 1. The third-order valence-corrected chi connectivity index (χ3v) is 4.46. The van der Waals surface area contributed by atoms with E-state index in [1.54, 1.807) is 6.92 Å². The molecule has 0 amide bonds. The summed E-state index contributed by atoms with van der Waals surface area (Å²) in [5, 5.41) is 9.79. The van der Waals surface area contributed by atoms with E-state index in [9.17, 15) is 9.90 Å². The summed E-state index contributed by atoms with van der Waals surface area (Å²) in [7, 11) is 0. The number of hydrogen-bond acceptors (Lipinski definition) is 3. The first kappa shape index (κ1) is 19.2. The number of rotatable bonds is 12. The predicted molar refractivity (Wildman–Crippen MR) is 90.7 cm³/mol. The van der Waals surface area contributed by atoms with Crippen molar-refractivity contribution in [2.45, 2.75) is 103 Å². The van der Waals surface area contributed by atoms with Gasteiger partial charge < -0.3 is 9.84 Å². The molecule has 1 N–H and O–H groups in total. The Morgan fingerprint density at radius 3 is 1.91 bits per heavy atom. The van der Waals surface area contributed by atoms with Crippen molar-refractivity contribution in [3.8, 4) is 0 Å². The van der Waals surface area contributed by atoms with Gasteiger partial charge in [0.25, 0.3) is 0 Å². The molecule has 2 atom stereocenters. The van der Waals surface area contributed by atoms with Gasteiger partial charge in [-0.3, -0.25) is 0 Å². The van der Waals surface area contributed by atoms with Crippen molar-refractivity contribution in [3.63, 3.8) is 0 Å². The molecule has 0 aromatic rings. The van der Waals surface area contributed by atoms with Crippen LogP contribution in [0.25, 0.3) is 0 Å². The third kappa shape index (κ3) is 7.44. The van der Waals surface area contributed by atoms with Crippen LogP contribution in [-0.2, 0) is 9.53 Å². The van der Waals surface area contributed by atoms with Crippen LogP contribution in [0, 0.1) is 0 Å². The van der Waals surface area contributed by atoms with Crippen molar-refractivity contribution in [3.05, 3.63) is 11.6 Å². The van der Waals surface area contributed by atoms with Crippen molar-refractivity contribution in [1.29, 1.82) is 0 Å². The molecule has 1 aliphatic heterocycles. The fourth-order valence-electron chi connectivity index (χ4n) is 2.95. The Morgan fingerprint density at radius 2 is 1.45 bits per heavy atom. The van der Waals surface area contributed by atoms with Crippen LogP contribution in [0.2, 0.25) is 0 Å². The minimum absolute atomic E-state index is 0.344. The largest absolute Gasteiger partial charge is 0.456 e. The van der Waals surface area contributed by atoms with Crippen molar-refractivity contribution in [2.75, 3.05) is 0 Å². The lowest BCUT2D eigenvalue weighted by Crippen LogP contribution is -2.17. The molecule has 22 heavy (non-hydrogen) atoms. The van der Waals surface area contributed by atoms with Gasteiger partial charge in [0.2, 0.25) is 0 Å². The van der Waals surface area contributed by atoms with E-state index < -0.39 is 12.2 Å². The maximum Gasteiger partial charge on any atom is 0.336 e. The molecule has 1 rings (SSSR count). The number of carbonyl (C=O) groups excluding carboxylic acids is 1. The molecule has 1 aliphatic rings. The van der Waals surface area contributed by atoms with E-state index in [1.165, 1.54) is 64.2 Å². The van der Waals surface area contributed by atoms with Gasteiger partial charge in [0.15, 0.2) is 0 Å². The number of carbonyl (C=O) groups is 1. The monoisotopic (exact) mass is 310 g/mol. The highest BCUT2D eigenvalue weighted by Gasteiger charge is 2.34. The molecule has 0 unspecified atom stereocenters. The lowest BCUT2D eigenvalue weighted by atomic mass is 10.0. The SMILES string of the molecule is CCCCCCCCCCCCC/C=C1\C(=O)O[C@H](C)[C@H]1O. The zero-order valence-corrected chi connectivity index (χ0v) is 14.5. The highest BCUT2D eigenvalue weighted by molar-refractivity contribution is 5.92. The molecule has 128 valence electrons. The molecule has 0 aromatic carbocycles. The van der Waals surface area contributed by atoms with Gasteiger partial charge in [-0.1, -0.05) is 77.2 Å². The van der Waals surface area contributed by atoms with Gasteiger partial charge in [-0.2, -0.15) is 0 Å². The molecular weight excluding hydrogens is 276 g/mol. The molecule has 0 saturated carbocycles. The number of esters is 1. The van der Waals surface area contributed by atoms with Crippen LogP contribution in [0.1, 0.15) is 90.9 Å². The predicted octanol–water partition coefficient (Wildman–Crippen LogP) is 4.92. The van der Waals surface area contributed by atoms with Crippen molar-refractivity contribution in [1.82, 2.24) is 0 Å². The summed E-state index contributed by atoms with van der Waals surface area (Å²) in [6.45, 7) is 3.98. The average molecular weight is 310 g/mol. The summed E-state index contributed by atoms with van der Waals surface area (Å²) in [6.07, 6.45) is 16.1. The molecule has 0 bridgehead atoms. The van der Waals surface area contributed by atoms with Crippen LogP contribution < -0.4 is 0 Å². The summed E-state index contributed by atoms with van der Waals surface area (Å²) < 4.78 is 4.99. The maximum atomic E-state index is 11.5. The Kier molecular flexibility index (Phi) is 10.2. The number of ether oxygens (including phenoxy) is 1. The average Bonchev–Trinajstić information content (AvgIpc) is 2.74. The summed E-state index contributed by atoms with van der Waals surface area (Å²) in [4.78, 5) is 11.5. The minimum Gasteiger partial charge on any atom is -0.456 e. The van der Waals surface area contributed by atoms with Gasteiger partial charge in [-0.15, -0.1) is 0 Å². The first-order chi connectivity index (χ1) is 10.7. The summed E-state index contributed by atoms with van der Waals surface area (Å²) >= 11 is 0. The second-order valence-corrected chi connectivity index (χ2v) is 6.54. The molecule has 1 heterocycles. The highest BCUT2D eigenvalue weighted by atomic mass is 16.6. The quantitative estimate of drug-likeness (QED) is 0.316. The van der Waals surface area contributed by atoms with E-state index in [1.807, 2.05) is 6.08 Å². The summed E-state index contributed by atoms with van der Waals surface area (Å²) in [6, 6.07) is 0. The molecule has 0 aromatic heterocycles. The van der Waals surface area contributed by atoms with Gasteiger partial charge >= 0.3 is 5.97 Å². The molecular formula is C19H34O3. The number of aliphatic hydroxyl groups is 1. The third-order valence-electron chi connectivity index (χ3n) is 4.46. The topological polar surface area (TPSA) is 46.5 Å². The molecule has 3 nitrogen and oxygen atoms in total. The van der Waals surface area contributed by atoms with E-state index in [0.29, 0.717) is 5.57 Å². The second kappa shape index (κ2) is 11.7. The standard InChI is InChI=1S/C19H34O3/c1-3-4-5-6-7-8-9-10-11-12-13-14-15-17-18(20)16(2)22-19(17)21/h15-16,18,20H,3-14H2,1-2H3/b17-15-/t16-,18-/m1/s1. The van der Waals surface area contributed by atoms with E-state index in [2.05, 4.69) is 6.92 Å². The van der Waals surface area contributed by atoms with Crippen LogP contribution in [0.5, 0.6) is 0 Å². The van der Waals surface area contributed by atoms with Crippen LogP contribution in [0.3, 0.4) is 0 Å². The smallest absolute Gasteiger partial charge is 0.336 e. The van der Waals surface area contributed by atoms with Gasteiger partial charge in [0.1, 0.15) is 12.2 Å². The second-order valence-electron chi connectivity index (χ2n) is 6.54. The zero-order valence-electron chi connectivity index (χ0n) is 14.5. The van der Waals surface area contributed by atoms with Crippen molar-refractivity contribution >= 4 is 5.97 Å². The van der Waals surface area contributed by atoms with Gasteiger partial charge in [-0.25, -0.2) is 4.79 Å². The molecule has 0 aliphatic carbocycles. The van der Waals surface area contributed by atoms with Crippen LogP contribution in [0.15, 0.2) is 11.6 Å². The number of aliphatic hydroxyl groups excluding tert-OH is 1. The lowest BCUT2D eigenvalue weighted by molar-refractivity contribution is -0.138. The Labute approximate surface area is 136 Å². The van der Waals surface area contributed by atoms with Gasteiger partial charge in [0.05, 0.1) is 5.57 Å². The summed E-state index contributed by atoms with van der Waals surface area (Å²) in [5.74, 6) is -0.344. The van der Waals surface area contributed by atoms with E-state index >= 15 is 0 Å². The first-order valence-corrected chi connectivity index (χ1v) is 9.26. The van der Waals surface area contributed by atoms with Gasteiger partial charge in [0, 0.05) is 0 Å². The molecule has 1 fully saturated rings. The van der Waals surface area contributed by atoms with E-state index in [0.717, 1.165) is 12.8 Å². The summed E-state index contributed by atoms with van der Waals surface area (Å²) in [5.41, 5.74) is 0.458. The lowest BCUT2D eigenvalue weighted by Gasteiger charge is -2.04. The number of cyclic esters (lactones) is 1. The zero-order chi connectivity index (χ0) is 16.2. The van der Waals surface area contributed by atoms with Crippen molar-refractivity contribution in [2.24, 2.45) is 0 Å².